The topological polar surface area (TPSA) is 125 Å². The molecular formula is C17H14ClN3O5. The number of rotatable bonds is 7. The summed E-state index contributed by atoms with van der Waals surface area (Å²) in [6.07, 6.45) is 2.67. The van der Waals surface area contributed by atoms with Crippen molar-refractivity contribution in [3.05, 3.63) is 69.2 Å². The van der Waals surface area contributed by atoms with E-state index in [1.807, 2.05) is 0 Å². The number of hydrogen-bond donors (Lipinski definition) is 2. The Morgan fingerprint density at radius 2 is 1.92 bits per heavy atom. The van der Waals surface area contributed by atoms with Gasteiger partial charge in [0.25, 0.3) is 11.6 Å². The van der Waals surface area contributed by atoms with E-state index in [2.05, 4.69) is 5.32 Å². The van der Waals surface area contributed by atoms with Crippen molar-refractivity contribution in [2.24, 2.45) is 5.73 Å². The molecule has 2 amide bonds. The van der Waals surface area contributed by atoms with Gasteiger partial charge in [0.15, 0.2) is 6.61 Å². The van der Waals surface area contributed by atoms with E-state index in [4.69, 9.17) is 22.1 Å². The van der Waals surface area contributed by atoms with Gasteiger partial charge in [0.2, 0.25) is 5.91 Å². The van der Waals surface area contributed by atoms with Gasteiger partial charge in [-0.3, -0.25) is 19.7 Å². The molecule has 2 aromatic carbocycles. The third-order valence-corrected chi connectivity index (χ3v) is 3.42. The molecule has 0 bridgehead atoms. The van der Waals surface area contributed by atoms with Crippen LogP contribution < -0.4 is 15.8 Å². The van der Waals surface area contributed by atoms with Crippen molar-refractivity contribution >= 4 is 40.9 Å². The van der Waals surface area contributed by atoms with Crippen LogP contribution in [0.2, 0.25) is 5.02 Å². The number of amides is 2. The van der Waals surface area contributed by atoms with Gasteiger partial charge in [-0.2, -0.15) is 0 Å². The Hall–Kier alpha value is -3.39. The second-order valence-electron chi connectivity index (χ2n) is 5.07. The molecule has 2 aromatic rings. The average Bonchev–Trinajstić information content (AvgIpc) is 2.60. The van der Waals surface area contributed by atoms with E-state index in [1.165, 1.54) is 24.3 Å². The summed E-state index contributed by atoms with van der Waals surface area (Å²) >= 11 is 5.73. The SMILES string of the molecule is NC(=O)COc1ccc(NC(=O)/C=C/c2ccc(Cl)c([N+](=O)[O-])c2)cc1. The molecule has 2 rings (SSSR count). The van der Waals surface area contributed by atoms with E-state index in [-0.39, 0.29) is 17.3 Å². The number of ether oxygens (including phenoxy) is 1. The molecule has 8 nitrogen and oxygen atoms in total. The zero-order chi connectivity index (χ0) is 19.1. The molecule has 26 heavy (non-hydrogen) atoms. The molecule has 0 spiro atoms. The number of carbonyl (C=O) groups excluding carboxylic acids is 2. The third-order valence-electron chi connectivity index (χ3n) is 3.10. The Balaban J connectivity index is 1.98. The van der Waals surface area contributed by atoms with Crippen molar-refractivity contribution < 1.29 is 19.2 Å². The van der Waals surface area contributed by atoms with Crippen LogP contribution in [0.3, 0.4) is 0 Å². The van der Waals surface area contributed by atoms with Crippen molar-refractivity contribution in [3.8, 4) is 5.75 Å². The molecule has 0 aliphatic heterocycles. The minimum Gasteiger partial charge on any atom is -0.484 e. The number of hydrogen-bond acceptors (Lipinski definition) is 5. The highest BCUT2D eigenvalue weighted by atomic mass is 35.5. The largest absolute Gasteiger partial charge is 0.484 e. The van der Waals surface area contributed by atoms with Crippen LogP contribution in [-0.4, -0.2) is 23.3 Å². The fourth-order valence-electron chi connectivity index (χ4n) is 1.92. The van der Waals surface area contributed by atoms with E-state index in [0.717, 1.165) is 0 Å². The highest BCUT2D eigenvalue weighted by molar-refractivity contribution is 6.32. The molecule has 0 atom stereocenters. The summed E-state index contributed by atoms with van der Waals surface area (Å²) in [5.74, 6) is -0.575. The molecule has 0 aliphatic rings. The highest BCUT2D eigenvalue weighted by Crippen LogP contribution is 2.25. The summed E-state index contributed by atoms with van der Waals surface area (Å²) in [5.41, 5.74) is 5.71. The van der Waals surface area contributed by atoms with Gasteiger partial charge in [-0.15, -0.1) is 0 Å². The summed E-state index contributed by atoms with van der Waals surface area (Å²) in [4.78, 5) is 32.8. The molecule has 134 valence electrons. The number of primary amides is 1. The van der Waals surface area contributed by atoms with Crippen molar-refractivity contribution in [1.82, 2.24) is 0 Å². The zero-order valence-electron chi connectivity index (χ0n) is 13.3. The van der Waals surface area contributed by atoms with Crippen LogP contribution in [0.5, 0.6) is 5.75 Å². The van der Waals surface area contributed by atoms with Crippen LogP contribution in [0.25, 0.3) is 6.08 Å². The maximum atomic E-state index is 11.9. The Kier molecular flexibility index (Phi) is 6.29. The highest BCUT2D eigenvalue weighted by Gasteiger charge is 2.11. The Labute approximate surface area is 153 Å². The molecule has 0 aromatic heterocycles. The molecule has 3 N–H and O–H groups in total. The van der Waals surface area contributed by atoms with Gasteiger partial charge in [-0.05, 0) is 42.0 Å². The standard InChI is InChI=1S/C17H14ClN3O5/c18-14-7-1-11(9-15(14)21(24)25)2-8-17(23)20-12-3-5-13(6-4-12)26-10-16(19)22/h1-9H,10H2,(H2,19,22)(H,20,23)/b8-2+. The molecule has 0 unspecified atom stereocenters. The van der Waals surface area contributed by atoms with Gasteiger partial charge < -0.3 is 15.8 Å². The Morgan fingerprint density at radius 1 is 1.23 bits per heavy atom. The van der Waals surface area contributed by atoms with Crippen LogP contribution in [0, 0.1) is 10.1 Å². The lowest BCUT2D eigenvalue weighted by Gasteiger charge is -2.05. The van der Waals surface area contributed by atoms with Gasteiger partial charge in [0.1, 0.15) is 10.8 Å². The van der Waals surface area contributed by atoms with Crippen LogP contribution in [0.1, 0.15) is 5.56 Å². The first-order valence-corrected chi connectivity index (χ1v) is 7.67. The second kappa shape index (κ2) is 8.63. The lowest BCUT2D eigenvalue weighted by molar-refractivity contribution is -0.384. The first kappa shape index (κ1) is 18.9. The van der Waals surface area contributed by atoms with Gasteiger partial charge in [0.05, 0.1) is 4.92 Å². The number of nitro groups is 1. The summed E-state index contributed by atoms with van der Waals surface area (Å²) in [6, 6.07) is 10.6. The lowest BCUT2D eigenvalue weighted by Crippen LogP contribution is -2.20. The van der Waals surface area contributed by atoms with Crippen molar-refractivity contribution in [1.29, 1.82) is 0 Å². The minimum absolute atomic E-state index is 0.0234. The normalized spacial score (nSPS) is 10.5. The predicted molar refractivity (Wildman–Crippen MR) is 96.9 cm³/mol. The summed E-state index contributed by atoms with van der Waals surface area (Å²) in [5, 5.41) is 13.5. The van der Waals surface area contributed by atoms with Gasteiger partial charge in [-0.25, -0.2) is 0 Å². The molecule has 9 heteroatoms. The van der Waals surface area contributed by atoms with E-state index in [0.29, 0.717) is 17.0 Å². The molecule has 0 heterocycles. The smallest absolute Gasteiger partial charge is 0.288 e. The van der Waals surface area contributed by atoms with Crippen LogP contribution in [0.4, 0.5) is 11.4 Å². The van der Waals surface area contributed by atoms with E-state index in [1.54, 1.807) is 30.3 Å². The molecule has 0 saturated heterocycles. The monoisotopic (exact) mass is 375 g/mol. The number of anilines is 1. The average molecular weight is 376 g/mol. The van der Waals surface area contributed by atoms with Crippen molar-refractivity contribution in [2.45, 2.75) is 0 Å². The summed E-state index contributed by atoms with van der Waals surface area (Å²) in [7, 11) is 0. The Morgan fingerprint density at radius 3 is 2.54 bits per heavy atom. The van der Waals surface area contributed by atoms with E-state index >= 15 is 0 Å². The molecule has 0 aliphatic carbocycles. The number of nitrogens with one attached hydrogen (secondary N) is 1. The summed E-state index contributed by atoms with van der Waals surface area (Å²) in [6.45, 7) is -0.234. The quantitative estimate of drug-likeness (QED) is 0.437. The molecule has 0 fully saturated rings. The van der Waals surface area contributed by atoms with Gasteiger partial charge >= 0.3 is 0 Å². The lowest BCUT2D eigenvalue weighted by atomic mass is 10.2. The summed E-state index contributed by atoms with van der Waals surface area (Å²) < 4.78 is 5.11. The molecule has 0 radical (unpaired) electrons. The van der Waals surface area contributed by atoms with E-state index < -0.39 is 16.7 Å². The number of nitrogens with zero attached hydrogens (tertiary/aromatic N) is 1. The minimum atomic E-state index is -0.596. The predicted octanol–water partition coefficient (Wildman–Crippen LogP) is 2.76. The van der Waals surface area contributed by atoms with Crippen LogP contribution in [-0.2, 0) is 9.59 Å². The number of nitrogens with two attached hydrogens (primary N) is 1. The number of benzene rings is 2. The number of halogens is 1. The first-order chi connectivity index (χ1) is 12.3. The first-order valence-electron chi connectivity index (χ1n) is 7.29. The Bertz CT molecular complexity index is 865. The van der Waals surface area contributed by atoms with Crippen molar-refractivity contribution in [3.63, 3.8) is 0 Å². The fourth-order valence-corrected chi connectivity index (χ4v) is 2.10. The maximum absolute atomic E-state index is 11.9. The van der Waals surface area contributed by atoms with Crippen LogP contribution in [0.15, 0.2) is 48.5 Å². The second-order valence-corrected chi connectivity index (χ2v) is 5.48. The maximum Gasteiger partial charge on any atom is 0.288 e. The number of nitro benzene ring substituents is 1. The van der Waals surface area contributed by atoms with Gasteiger partial charge in [-0.1, -0.05) is 17.7 Å². The van der Waals surface area contributed by atoms with E-state index in [9.17, 15) is 19.7 Å². The van der Waals surface area contributed by atoms with Gasteiger partial charge in [0, 0.05) is 17.8 Å². The zero-order valence-corrected chi connectivity index (χ0v) is 14.1. The third kappa shape index (κ3) is 5.60. The van der Waals surface area contributed by atoms with Crippen molar-refractivity contribution in [2.75, 3.05) is 11.9 Å². The number of carbonyl (C=O) groups is 2. The molecule has 0 saturated carbocycles. The van der Waals surface area contributed by atoms with Crippen LogP contribution >= 0.6 is 11.6 Å². The fraction of sp³-hybridized carbons (Fsp3) is 0.0588. The molecular weight excluding hydrogens is 362 g/mol.